The van der Waals surface area contributed by atoms with Gasteiger partial charge in [0.05, 0.1) is 5.02 Å². The first-order chi connectivity index (χ1) is 13.5. The van der Waals surface area contributed by atoms with Crippen molar-refractivity contribution in [3.05, 3.63) is 70.6 Å². The summed E-state index contributed by atoms with van der Waals surface area (Å²) in [5, 5.41) is 11.5. The molecule has 0 aliphatic carbocycles. The van der Waals surface area contributed by atoms with Gasteiger partial charge in [-0.15, -0.1) is 0 Å². The molecule has 6 nitrogen and oxygen atoms in total. The molecule has 0 saturated carbocycles. The first-order valence-corrected chi connectivity index (χ1v) is 8.78. The summed E-state index contributed by atoms with van der Waals surface area (Å²) < 4.78 is 13.5. The van der Waals surface area contributed by atoms with Gasteiger partial charge in [-0.25, -0.2) is 14.4 Å². The van der Waals surface area contributed by atoms with E-state index in [1.54, 1.807) is 36.5 Å². The van der Waals surface area contributed by atoms with E-state index in [1.165, 1.54) is 12.1 Å². The quantitative estimate of drug-likeness (QED) is 0.432. The molecule has 0 aliphatic heterocycles. The van der Waals surface area contributed by atoms with Crippen LogP contribution in [0.5, 0.6) is 0 Å². The predicted molar refractivity (Wildman–Crippen MR) is 109 cm³/mol. The molecule has 1 aromatic heterocycles. The van der Waals surface area contributed by atoms with E-state index in [4.69, 9.17) is 22.7 Å². The number of fused-ring (bicyclic) bond motifs is 1. The van der Waals surface area contributed by atoms with Gasteiger partial charge in [0.1, 0.15) is 11.7 Å². The van der Waals surface area contributed by atoms with Crippen molar-refractivity contribution >= 4 is 46.1 Å². The number of nitrogens with one attached hydrogen (secondary N) is 2. The summed E-state index contributed by atoms with van der Waals surface area (Å²) in [5.74, 6) is -0.128. The molecule has 0 bridgehead atoms. The average Bonchev–Trinajstić information content (AvgIpc) is 2.68. The monoisotopic (exact) mass is 397 g/mol. The van der Waals surface area contributed by atoms with E-state index in [9.17, 15) is 9.18 Å². The van der Waals surface area contributed by atoms with Gasteiger partial charge >= 0.3 is 0 Å². The Labute approximate surface area is 165 Å². The number of nitrogens with two attached hydrogens (primary N) is 1. The molecule has 0 aliphatic rings. The maximum Gasteiger partial charge on any atom is 0.251 e. The Kier molecular flexibility index (Phi) is 5.96. The number of nitrogens with zero attached hydrogens (tertiary/aromatic N) is 2. The number of rotatable bonds is 6. The van der Waals surface area contributed by atoms with Crippen LogP contribution in [-0.4, -0.2) is 22.9 Å². The van der Waals surface area contributed by atoms with Gasteiger partial charge < -0.3 is 16.5 Å². The zero-order valence-electron chi connectivity index (χ0n) is 14.7. The SMILES string of the molecule is N=CCC(N)=Nc1cc2cc(C(=O)NCc3ccc(Cl)c(F)c3)ccc2cn1. The molecule has 0 fully saturated rings. The van der Waals surface area contributed by atoms with Gasteiger partial charge in [-0.1, -0.05) is 23.7 Å². The van der Waals surface area contributed by atoms with Crippen LogP contribution >= 0.6 is 11.6 Å². The van der Waals surface area contributed by atoms with Crippen molar-refractivity contribution in [3.8, 4) is 0 Å². The van der Waals surface area contributed by atoms with Crippen molar-refractivity contribution in [2.45, 2.75) is 13.0 Å². The largest absolute Gasteiger partial charge is 0.387 e. The normalized spacial score (nSPS) is 11.4. The number of aliphatic imine (C=N–C) groups is 1. The third kappa shape index (κ3) is 4.69. The van der Waals surface area contributed by atoms with Gasteiger partial charge in [0.15, 0.2) is 5.82 Å². The molecule has 3 rings (SSSR count). The van der Waals surface area contributed by atoms with Crippen molar-refractivity contribution in [2.24, 2.45) is 10.7 Å². The minimum absolute atomic E-state index is 0.0398. The van der Waals surface area contributed by atoms with E-state index < -0.39 is 5.82 Å². The first-order valence-electron chi connectivity index (χ1n) is 8.40. The molecule has 8 heteroatoms. The van der Waals surface area contributed by atoms with Crippen molar-refractivity contribution in [2.75, 3.05) is 0 Å². The Morgan fingerprint density at radius 3 is 2.82 bits per heavy atom. The third-order valence-corrected chi connectivity index (χ3v) is 4.28. The van der Waals surface area contributed by atoms with E-state index in [2.05, 4.69) is 15.3 Å². The summed E-state index contributed by atoms with van der Waals surface area (Å²) in [7, 11) is 0. The lowest BCUT2D eigenvalue weighted by molar-refractivity contribution is 0.0951. The number of aromatic nitrogens is 1. The van der Waals surface area contributed by atoms with E-state index in [1.807, 2.05) is 0 Å². The minimum atomic E-state index is -0.526. The lowest BCUT2D eigenvalue weighted by Crippen LogP contribution is -2.22. The topological polar surface area (TPSA) is 104 Å². The number of amides is 1. The van der Waals surface area contributed by atoms with Crippen LogP contribution in [0.25, 0.3) is 10.8 Å². The Bertz CT molecular complexity index is 1080. The van der Waals surface area contributed by atoms with E-state index in [-0.39, 0.29) is 29.7 Å². The van der Waals surface area contributed by atoms with Gasteiger partial charge in [0.25, 0.3) is 5.91 Å². The highest BCUT2D eigenvalue weighted by molar-refractivity contribution is 6.30. The van der Waals surface area contributed by atoms with Crippen molar-refractivity contribution in [1.82, 2.24) is 10.3 Å². The molecule has 0 spiro atoms. The lowest BCUT2D eigenvalue weighted by Gasteiger charge is -2.07. The van der Waals surface area contributed by atoms with Gasteiger partial charge in [-0.2, -0.15) is 0 Å². The molecule has 0 unspecified atom stereocenters. The molecular weight excluding hydrogens is 381 g/mol. The maximum absolute atomic E-state index is 13.5. The zero-order chi connectivity index (χ0) is 20.1. The second-order valence-electron chi connectivity index (χ2n) is 6.05. The molecule has 3 aromatic rings. The molecule has 1 amide bonds. The van der Waals surface area contributed by atoms with Gasteiger partial charge in [0.2, 0.25) is 0 Å². The molecule has 1 heterocycles. The predicted octanol–water partition coefficient (Wildman–Crippen LogP) is 3.99. The van der Waals surface area contributed by atoms with Crippen LogP contribution in [0.4, 0.5) is 10.2 Å². The minimum Gasteiger partial charge on any atom is -0.387 e. The van der Waals surface area contributed by atoms with Crippen LogP contribution in [0.1, 0.15) is 22.3 Å². The van der Waals surface area contributed by atoms with Crippen LogP contribution in [0, 0.1) is 11.2 Å². The Balaban J connectivity index is 1.78. The Morgan fingerprint density at radius 2 is 2.07 bits per heavy atom. The second-order valence-corrected chi connectivity index (χ2v) is 6.45. The number of halogens is 2. The third-order valence-electron chi connectivity index (χ3n) is 3.98. The highest BCUT2D eigenvalue weighted by Gasteiger charge is 2.08. The second kappa shape index (κ2) is 8.58. The van der Waals surface area contributed by atoms with Crippen LogP contribution in [-0.2, 0) is 6.54 Å². The summed E-state index contributed by atoms with van der Waals surface area (Å²) >= 11 is 5.66. The summed E-state index contributed by atoms with van der Waals surface area (Å²) in [6.07, 6.45) is 3.05. The molecule has 0 saturated heterocycles. The van der Waals surface area contributed by atoms with Gasteiger partial charge in [-0.05, 0) is 41.3 Å². The van der Waals surface area contributed by atoms with E-state index >= 15 is 0 Å². The number of carbonyl (C=O) groups is 1. The number of benzene rings is 2. The first kappa shape index (κ1) is 19.4. The highest BCUT2D eigenvalue weighted by atomic mass is 35.5. The summed E-state index contributed by atoms with van der Waals surface area (Å²) in [6, 6.07) is 11.3. The van der Waals surface area contributed by atoms with Gasteiger partial charge in [-0.3, -0.25) is 4.79 Å². The summed E-state index contributed by atoms with van der Waals surface area (Å²) in [5.41, 5.74) is 6.78. The fourth-order valence-electron chi connectivity index (χ4n) is 2.56. The number of hydrogen-bond acceptors (Lipinski definition) is 4. The van der Waals surface area contributed by atoms with E-state index in [0.29, 0.717) is 16.9 Å². The van der Waals surface area contributed by atoms with Crippen LogP contribution < -0.4 is 11.1 Å². The van der Waals surface area contributed by atoms with Crippen molar-refractivity contribution in [3.63, 3.8) is 0 Å². The maximum atomic E-state index is 13.5. The zero-order valence-corrected chi connectivity index (χ0v) is 15.5. The fourth-order valence-corrected chi connectivity index (χ4v) is 2.68. The average molecular weight is 398 g/mol. The number of pyridine rings is 1. The molecule has 142 valence electrons. The number of amidine groups is 1. The molecular formula is C20H17ClFN5O. The number of carbonyl (C=O) groups excluding carboxylic acids is 1. The Morgan fingerprint density at radius 1 is 1.25 bits per heavy atom. The molecule has 0 radical (unpaired) electrons. The fraction of sp³-hybridized carbons (Fsp3) is 0.100. The molecule has 0 atom stereocenters. The summed E-state index contributed by atoms with van der Waals surface area (Å²) in [4.78, 5) is 20.8. The van der Waals surface area contributed by atoms with E-state index in [0.717, 1.165) is 17.0 Å². The standard InChI is InChI=1S/C20H17ClFN5O/c21-16-4-1-12(7-17(16)22)10-26-20(28)13-2-3-14-11-25-19(9-15(14)8-13)27-18(24)5-6-23/h1-4,6-9,11,23H,5,10H2,(H,26,28)(H2,24,25,27). The smallest absolute Gasteiger partial charge is 0.251 e. The molecule has 28 heavy (non-hydrogen) atoms. The van der Waals surface area contributed by atoms with Crippen molar-refractivity contribution < 1.29 is 9.18 Å². The summed E-state index contributed by atoms with van der Waals surface area (Å²) in [6.45, 7) is 0.178. The molecule has 4 N–H and O–H groups in total. The van der Waals surface area contributed by atoms with Crippen LogP contribution in [0.3, 0.4) is 0 Å². The lowest BCUT2D eigenvalue weighted by atomic mass is 10.1. The van der Waals surface area contributed by atoms with Gasteiger partial charge in [0, 0.05) is 36.3 Å². The Hall–Kier alpha value is -3.32. The van der Waals surface area contributed by atoms with Crippen LogP contribution in [0.15, 0.2) is 53.7 Å². The molecule has 2 aromatic carbocycles. The highest BCUT2D eigenvalue weighted by Crippen LogP contribution is 2.20. The van der Waals surface area contributed by atoms with Crippen molar-refractivity contribution in [1.29, 1.82) is 5.41 Å². The van der Waals surface area contributed by atoms with Crippen LogP contribution in [0.2, 0.25) is 5.02 Å². The number of hydrogen-bond donors (Lipinski definition) is 3.